The van der Waals surface area contributed by atoms with Crippen molar-refractivity contribution in [3.63, 3.8) is 0 Å². The SMILES string of the molecule is COc1ccccc1C=CC=NNC(=O)CSc1nnc(-c2cc(OC)c(OC)c(OC)c2)n1-c1ccccc1. The van der Waals surface area contributed by atoms with E-state index in [4.69, 9.17) is 18.9 Å². The molecule has 0 atom stereocenters. The molecule has 0 unspecified atom stereocenters. The zero-order valence-corrected chi connectivity index (χ0v) is 23.3. The summed E-state index contributed by atoms with van der Waals surface area (Å²) in [5.41, 5.74) is 4.97. The number of nitrogens with zero attached hydrogens (tertiary/aromatic N) is 4. The fraction of sp³-hybridized carbons (Fsp3) is 0.172. The van der Waals surface area contributed by atoms with Crippen LogP contribution in [0.1, 0.15) is 5.56 Å². The Labute approximate surface area is 236 Å². The van der Waals surface area contributed by atoms with Crippen LogP contribution in [0.25, 0.3) is 23.2 Å². The van der Waals surface area contributed by atoms with Gasteiger partial charge in [-0.2, -0.15) is 5.10 Å². The van der Waals surface area contributed by atoms with Crippen LogP contribution in [0.5, 0.6) is 23.0 Å². The van der Waals surface area contributed by atoms with Crippen LogP contribution >= 0.6 is 11.8 Å². The third kappa shape index (κ3) is 6.62. The topological polar surface area (TPSA) is 109 Å². The molecule has 0 aliphatic rings. The molecule has 0 saturated carbocycles. The van der Waals surface area contributed by atoms with Crippen LogP contribution in [0.2, 0.25) is 0 Å². The Morgan fingerprint density at radius 2 is 1.57 bits per heavy atom. The zero-order valence-electron chi connectivity index (χ0n) is 22.5. The number of thioether (sulfide) groups is 1. The quantitative estimate of drug-likeness (QED) is 0.149. The molecule has 4 aromatic rings. The summed E-state index contributed by atoms with van der Waals surface area (Å²) >= 11 is 1.24. The number of nitrogens with one attached hydrogen (secondary N) is 1. The molecule has 0 bridgehead atoms. The number of benzene rings is 3. The van der Waals surface area contributed by atoms with Crippen molar-refractivity contribution in [1.29, 1.82) is 0 Å². The lowest BCUT2D eigenvalue weighted by molar-refractivity contribution is -0.118. The number of amides is 1. The lowest BCUT2D eigenvalue weighted by Crippen LogP contribution is -2.19. The molecule has 0 radical (unpaired) electrons. The van der Waals surface area contributed by atoms with E-state index >= 15 is 0 Å². The van der Waals surface area contributed by atoms with Gasteiger partial charge in [0.2, 0.25) is 5.75 Å². The first-order valence-electron chi connectivity index (χ1n) is 12.1. The number of hydrogen-bond acceptors (Lipinski definition) is 9. The Morgan fingerprint density at radius 3 is 2.25 bits per heavy atom. The molecule has 1 amide bonds. The Balaban J connectivity index is 1.51. The van der Waals surface area contributed by atoms with Crippen LogP contribution in [0.4, 0.5) is 0 Å². The molecule has 1 aromatic heterocycles. The predicted octanol–water partition coefficient (Wildman–Crippen LogP) is 4.88. The van der Waals surface area contributed by atoms with Gasteiger partial charge in [0.05, 0.1) is 34.2 Å². The summed E-state index contributed by atoms with van der Waals surface area (Å²) in [5.74, 6) is 2.55. The van der Waals surface area contributed by atoms with Gasteiger partial charge < -0.3 is 18.9 Å². The summed E-state index contributed by atoms with van der Waals surface area (Å²) in [6.45, 7) is 0. The number of methoxy groups -OCH3 is 4. The molecule has 0 saturated heterocycles. The maximum absolute atomic E-state index is 12.5. The van der Waals surface area contributed by atoms with Crippen molar-refractivity contribution in [3.05, 3.63) is 78.4 Å². The summed E-state index contributed by atoms with van der Waals surface area (Å²) in [6, 6.07) is 20.9. The number of ether oxygens (including phenoxy) is 4. The van der Waals surface area contributed by atoms with Crippen molar-refractivity contribution in [2.75, 3.05) is 34.2 Å². The Morgan fingerprint density at radius 1 is 0.900 bits per heavy atom. The second-order valence-corrected chi connectivity index (χ2v) is 9.04. The largest absolute Gasteiger partial charge is 0.496 e. The van der Waals surface area contributed by atoms with E-state index in [-0.39, 0.29) is 11.7 Å². The van der Waals surface area contributed by atoms with Crippen LogP contribution in [-0.2, 0) is 4.79 Å². The highest BCUT2D eigenvalue weighted by Gasteiger charge is 2.21. The lowest BCUT2D eigenvalue weighted by atomic mass is 10.1. The predicted molar refractivity (Wildman–Crippen MR) is 156 cm³/mol. The van der Waals surface area contributed by atoms with Gasteiger partial charge in [0, 0.05) is 23.0 Å². The van der Waals surface area contributed by atoms with Gasteiger partial charge in [0.25, 0.3) is 5.91 Å². The maximum Gasteiger partial charge on any atom is 0.250 e. The van der Waals surface area contributed by atoms with Crippen LogP contribution in [0.15, 0.2) is 83.1 Å². The molecule has 3 aromatic carbocycles. The second-order valence-electron chi connectivity index (χ2n) is 8.09. The summed E-state index contributed by atoms with van der Waals surface area (Å²) in [6.07, 6.45) is 5.07. The van der Waals surface area contributed by atoms with Gasteiger partial charge in [0.15, 0.2) is 22.5 Å². The fourth-order valence-electron chi connectivity index (χ4n) is 3.84. The molecule has 0 aliphatic carbocycles. The molecule has 4 rings (SSSR count). The minimum absolute atomic E-state index is 0.0772. The normalized spacial score (nSPS) is 11.1. The average molecular weight is 560 g/mol. The third-order valence-electron chi connectivity index (χ3n) is 5.67. The summed E-state index contributed by atoms with van der Waals surface area (Å²) in [5, 5.41) is 13.3. The molecule has 11 heteroatoms. The summed E-state index contributed by atoms with van der Waals surface area (Å²) in [7, 11) is 6.28. The van der Waals surface area contributed by atoms with Gasteiger partial charge in [-0.05, 0) is 42.5 Å². The number of allylic oxidation sites excluding steroid dienone is 1. The van der Waals surface area contributed by atoms with Crippen molar-refractivity contribution in [2.45, 2.75) is 5.16 Å². The number of aromatic nitrogens is 3. The van der Waals surface area contributed by atoms with E-state index in [1.54, 1.807) is 46.6 Å². The maximum atomic E-state index is 12.5. The van der Waals surface area contributed by atoms with Gasteiger partial charge in [-0.25, -0.2) is 5.43 Å². The Bertz CT molecular complexity index is 1480. The number of para-hydroxylation sites is 2. The highest BCUT2D eigenvalue weighted by Crippen LogP contribution is 2.41. The standard InChI is InChI=1S/C29H29N5O5S/c1-36-23-15-9-8-11-20(23)12-10-16-30-31-26(35)19-40-29-33-32-28(34(29)22-13-6-5-7-14-22)21-17-24(37-2)27(39-4)25(18-21)38-3/h5-18H,19H2,1-4H3,(H,31,35). The van der Waals surface area contributed by atoms with Gasteiger partial charge in [-0.3, -0.25) is 9.36 Å². The molecule has 10 nitrogen and oxygen atoms in total. The number of hydrazone groups is 1. The monoisotopic (exact) mass is 559 g/mol. The van der Waals surface area contributed by atoms with Crippen molar-refractivity contribution in [2.24, 2.45) is 5.10 Å². The van der Waals surface area contributed by atoms with Gasteiger partial charge >= 0.3 is 0 Å². The average Bonchev–Trinajstić information content (AvgIpc) is 3.43. The van der Waals surface area contributed by atoms with E-state index in [0.717, 1.165) is 17.0 Å². The Hall–Kier alpha value is -4.77. The first-order chi connectivity index (χ1) is 19.6. The zero-order chi connectivity index (χ0) is 28.3. The number of carbonyl (C=O) groups is 1. The second kappa shape index (κ2) is 13.9. The van der Waals surface area contributed by atoms with Crippen molar-refractivity contribution >= 4 is 30.0 Å². The lowest BCUT2D eigenvalue weighted by Gasteiger charge is -2.15. The van der Waals surface area contributed by atoms with E-state index in [1.165, 1.54) is 18.0 Å². The fourth-order valence-corrected chi connectivity index (χ4v) is 4.58. The molecule has 1 N–H and O–H groups in total. The first kappa shape index (κ1) is 28.2. The van der Waals surface area contributed by atoms with Crippen LogP contribution in [-0.4, -0.2) is 61.1 Å². The summed E-state index contributed by atoms with van der Waals surface area (Å²) in [4.78, 5) is 12.5. The molecule has 0 spiro atoms. The van der Waals surface area contributed by atoms with E-state index in [0.29, 0.717) is 33.8 Å². The minimum Gasteiger partial charge on any atom is -0.496 e. The van der Waals surface area contributed by atoms with Crippen LogP contribution < -0.4 is 24.4 Å². The number of hydrogen-bond donors (Lipinski definition) is 1. The minimum atomic E-state index is -0.288. The highest BCUT2D eigenvalue weighted by molar-refractivity contribution is 7.99. The van der Waals surface area contributed by atoms with Gasteiger partial charge in [-0.15, -0.1) is 10.2 Å². The van der Waals surface area contributed by atoms with Crippen molar-refractivity contribution in [1.82, 2.24) is 20.2 Å². The van der Waals surface area contributed by atoms with E-state index < -0.39 is 0 Å². The molecule has 40 heavy (non-hydrogen) atoms. The first-order valence-corrected chi connectivity index (χ1v) is 13.1. The summed E-state index contributed by atoms with van der Waals surface area (Å²) < 4.78 is 23.7. The van der Waals surface area contributed by atoms with E-state index in [9.17, 15) is 4.79 Å². The van der Waals surface area contributed by atoms with Gasteiger partial charge in [0.1, 0.15) is 5.75 Å². The van der Waals surface area contributed by atoms with Gasteiger partial charge in [-0.1, -0.05) is 48.2 Å². The molecular weight excluding hydrogens is 530 g/mol. The Kier molecular flexibility index (Phi) is 9.78. The smallest absolute Gasteiger partial charge is 0.250 e. The molecular formula is C29H29N5O5S. The van der Waals surface area contributed by atoms with Crippen molar-refractivity contribution in [3.8, 4) is 40.1 Å². The van der Waals surface area contributed by atoms with Crippen LogP contribution in [0.3, 0.4) is 0 Å². The van der Waals surface area contributed by atoms with Crippen LogP contribution in [0, 0.1) is 0 Å². The highest BCUT2D eigenvalue weighted by atomic mass is 32.2. The third-order valence-corrected chi connectivity index (χ3v) is 6.60. The number of rotatable bonds is 12. The molecule has 0 aliphatic heterocycles. The van der Waals surface area contributed by atoms with E-state index in [1.807, 2.05) is 65.2 Å². The number of carbonyl (C=O) groups excluding carboxylic acids is 1. The molecule has 206 valence electrons. The van der Waals surface area contributed by atoms with E-state index in [2.05, 4.69) is 20.7 Å². The van der Waals surface area contributed by atoms with Crippen molar-refractivity contribution < 1.29 is 23.7 Å². The molecule has 0 fully saturated rings. The molecule has 1 heterocycles.